The van der Waals surface area contributed by atoms with Crippen LogP contribution < -0.4 is 16.6 Å². The SMILES string of the molecule is CCC(CC)[C@H](NC(C)=O)[C@@H]1[C@H](O)[C@@H](OC(=O)O)C[C@H]1N=CNN. The number of hydrogen-bond donors (Lipinski definition) is 5. The molecular weight excluding hydrogens is 316 g/mol. The lowest BCUT2D eigenvalue weighted by Crippen LogP contribution is -2.51. The van der Waals surface area contributed by atoms with Gasteiger partial charge in [0.25, 0.3) is 0 Å². The lowest BCUT2D eigenvalue weighted by atomic mass is 9.81. The Hall–Kier alpha value is -1.87. The van der Waals surface area contributed by atoms with Crippen LogP contribution in [0.5, 0.6) is 0 Å². The topological polar surface area (TPSA) is 146 Å². The molecule has 1 saturated carbocycles. The molecule has 5 atom stereocenters. The van der Waals surface area contributed by atoms with Gasteiger partial charge in [-0.1, -0.05) is 26.7 Å². The lowest BCUT2D eigenvalue weighted by Gasteiger charge is -2.35. The van der Waals surface area contributed by atoms with E-state index in [1.54, 1.807) is 0 Å². The molecule has 24 heavy (non-hydrogen) atoms. The second kappa shape index (κ2) is 9.43. The molecule has 0 spiro atoms. The quantitative estimate of drug-likeness (QED) is 0.139. The zero-order valence-corrected chi connectivity index (χ0v) is 14.3. The van der Waals surface area contributed by atoms with E-state index in [9.17, 15) is 14.7 Å². The van der Waals surface area contributed by atoms with Crippen molar-refractivity contribution in [1.82, 2.24) is 10.7 Å². The first-order valence-electron chi connectivity index (χ1n) is 8.18. The number of carbonyl (C=O) groups is 2. The summed E-state index contributed by atoms with van der Waals surface area (Å²) in [6.45, 7) is 5.44. The van der Waals surface area contributed by atoms with Crippen molar-refractivity contribution in [2.45, 2.75) is 64.3 Å². The largest absolute Gasteiger partial charge is 0.506 e. The number of nitrogens with one attached hydrogen (secondary N) is 2. The number of carbonyl (C=O) groups excluding carboxylic acids is 1. The van der Waals surface area contributed by atoms with Gasteiger partial charge < -0.3 is 25.7 Å². The van der Waals surface area contributed by atoms with E-state index in [0.29, 0.717) is 0 Å². The van der Waals surface area contributed by atoms with Crippen LogP contribution in [-0.2, 0) is 9.53 Å². The second-order valence-electron chi connectivity index (χ2n) is 6.04. The van der Waals surface area contributed by atoms with Crippen molar-refractivity contribution in [2.75, 3.05) is 0 Å². The van der Waals surface area contributed by atoms with Crippen molar-refractivity contribution in [3.63, 3.8) is 0 Å². The molecule has 0 aromatic rings. The maximum absolute atomic E-state index is 11.6. The van der Waals surface area contributed by atoms with E-state index in [1.807, 2.05) is 13.8 Å². The van der Waals surface area contributed by atoms with Gasteiger partial charge in [0.05, 0.1) is 18.5 Å². The molecule has 1 amide bonds. The van der Waals surface area contributed by atoms with E-state index in [1.165, 1.54) is 13.3 Å². The summed E-state index contributed by atoms with van der Waals surface area (Å²) >= 11 is 0. The number of ether oxygens (including phenoxy) is 1. The number of aliphatic hydroxyl groups excluding tert-OH is 1. The van der Waals surface area contributed by atoms with E-state index in [2.05, 4.69) is 15.7 Å². The Balaban J connectivity index is 3.14. The minimum Gasteiger partial charge on any atom is -0.450 e. The molecular formula is C15H28N4O5. The first-order valence-corrected chi connectivity index (χ1v) is 8.18. The van der Waals surface area contributed by atoms with Crippen molar-refractivity contribution >= 4 is 18.4 Å². The molecule has 1 aliphatic rings. The summed E-state index contributed by atoms with van der Waals surface area (Å²) < 4.78 is 4.79. The maximum atomic E-state index is 11.6. The van der Waals surface area contributed by atoms with Crippen molar-refractivity contribution in [3.8, 4) is 0 Å². The number of hydrazine groups is 1. The molecule has 1 fully saturated rings. The smallest absolute Gasteiger partial charge is 0.450 e. The van der Waals surface area contributed by atoms with Gasteiger partial charge in [-0.25, -0.2) is 10.6 Å². The van der Waals surface area contributed by atoms with Crippen molar-refractivity contribution in [1.29, 1.82) is 0 Å². The van der Waals surface area contributed by atoms with Gasteiger partial charge in [0.15, 0.2) is 0 Å². The number of rotatable bonds is 8. The number of hydrogen-bond acceptors (Lipinski definition) is 6. The summed E-state index contributed by atoms with van der Waals surface area (Å²) in [6, 6.07) is -0.757. The summed E-state index contributed by atoms with van der Waals surface area (Å²) in [5.41, 5.74) is 2.30. The second-order valence-corrected chi connectivity index (χ2v) is 6.04. The Bertz CT molecular complexity index is 455. The van der Waals surface area contributed by atoms with Crippen LogP contribution in [0.15, 0.2) is 4.99 Å². The fraction of sp³-hybridized carbons (Fsp3) is 0.800. The molecule has 0 aliphatic heterocycles. The number of nitrogens with zero attached hydrogens (tertiary/aromatic N) is 1. The molecule has 0 aromatic heterocycles. The minimum atomic E-state index is -1.45. The predicted molar refractivity (Wildman–Crippen MR) is 88.3 cm³/mol. The van der Waals surface area contributed by atoms with Crippen LogP contribution in [0, 0.1) is 11.8 Å². The van der Waals surface area contributed by atoms with E-state index in [4.69, 9.17) is 15.7 Å². The van der Waals surface area contributed by atoms with Gasteiger partial charge in [-0.3, -0.25) is 9.79 Å². The molecule has 0 heterocycles. The van der Waals surface area contributed by atoms with Gasteiger partial charge in [0, 0.05) is 25.3 Å². The standard InChI is InChI=1S/C15H28N4O5/c1-4-9(5-2)13(19-8(3)20)12-10(17-7-18-16)6-11(14(12)21)24-15(22)23/h7,9-14,21H,4-6,16H2,1-3H3,(H,17,18)(H,19,20)(H,22,23)/t10-,11+,12-,13+,14-/m1/s1. The third kappa shape index (κ3) is 5.07. The Morgan fingerprint density at radius 3 is 2.50 bits per heavy atom. The lowest BCUT2D eigenvalue weighted by molar-refractivity contribution is -0.121. The zero-order valence-electron chi connectivity index (χ0n) is 14.3. The Morgan fingerprint density at radius 2 is 2.04 bits per heavy atom. The van der Waals surface area contributed by atoms with Crippen LogP contribution in [0.3, 0.4) is 0 Å². The highest BCUT2D eigenvalue weighted by molar-refractivity contribution is 5.73. The molecule has 1 aliphatic carbocycles. The number of aliphatic hydroxyl groups is 1. The van der Waals surface area contributed by atoms with E-state index < -0.39 is 30.3 Å². The third-order valence-corrected chi connectivity index (χ3v) is 4.63. The minimum absolute atomic E-state index is 0.126. The number of nitrogens with two attached hydrogens (primary N) is 1. The van der Waals surface area contributed by atoms with E-state index >= 15 is 0 Å². The summed E-state index contributed by atoms with van der Waals surface area (Å²) in [6.07, 6.45) is -0.256. The monoisotopic (exact) mass is 344 g/mol. The van der Waals surface area contributed by atoms with Gasteiger partial charge in [-0.15, -0.1) is 0 Å². The van der Waals surface area contributed by atoms with Gasteiger partial charge in [0.2, 0.25) is 5.91 Å². The molecule has 9 nitrogen and oxygen atoms in total. The fourth-order valence-corrected chi connectivity index (χ4v) is 3.57. The number of aliphatic imine (C=N–C) groups is 1. The van der Waals surface area contributed by atoms with Crippen molar-refractivity contribution in [3.05, 3.63) is 0 Å². The molecule has 0 unspecified atom stereocenters. The van der Waals surface area contributed by atoms with Gasteiger partial charge in [-0.2, -0.15) is 0 Å². The highest BCUT2D eigenvalue weighted by Crippen LogP contribution is 2.37. The first-order chi connectivity index (χ1) is 11.3. The summed E-state index contributed by atoms with van der Waals surface area (Å²) in [4.78, 5) is 26.8. The molecule has 9 heteroatoms. The van der Waals surface area contributed by atoms with Crippen LogP contribution in [0.25, 0.3) is 0 Å². The number of carboxylic acid groups (broad SMARTS) is 1. The highest BCUT2D eigenvalue weighted by atomic mass is 16.7. The average Bonchev–Trinajstić information content (AvgIpc) is 2.80. The van der Waals surface area contributed by atoms with E-state index in [-0.39, 0.29) is 24.3 Å². The Labute approximate surface area is 141 Å². The average molecular weight is 344 g/mol. The predicted octanol–water partition coefficient (Wildman–Crippen LogP) is 0.232. The van der Waals surface area contributed by atoms with E-state index in [0.717, 1.165) is 12.8 Å². The first kappa shape index (κ1) is 20.2. The fourth-order valence-electron chi connectivity index (χ4n) is 3.57. The van der Waals surface area contributed by atoms with Crippen molar-refractivity contribution < 1.29 is 24.5 Å². The molecule has 0 saturated heterocycles. The van der Waals surface area contributed by atoms with Gasteiger partial charge in [0.1, 0.15) is 6.10 Å². The molecule has 0 bridgehead atoms. The van der Waals surface area contributed by atoms with Crippen LogP contribution in [0.2, 0.25) is 0 Å². The highest BCUT2D eigenvalue weighted by Gasteiger charge is 2.49. The van der Waals surface area contributed by atoms with Crippen LogP contribution in [-0.4, -0.2) is 52.9 Å². The van der Waals surface area contributed by atoms with Crippen LogP contribution >= 0.6 is 0 Å². The number of amides is 1. The van der Waals surface area contributed by atoms with Crippen LogP contribution in [0.1, 0.15) is 40.0 Å². The molecule has 6 N–H and O–H groups in total. The van der Waals surface area contributed by atoms with Crippen molar-refractivity contribution in [2.24, 2.45) is 22.7 Å². The summed E-state index contributed by atoms with van der Waals surface area (Å²) in [7, 11) is 0. The van der Waals surface area contributed by atoms with Gasteiger partial charge >= 0.3 is 6.16 Å². The molecule has 0 aromatic carbocycles. The molecule has 138 valence electrons. The summed E-state index contributed by atoms with van der Waals surface area (Å²) in [5.74, 6) is 4.67. The normalized spacial score (nSPS) is 28.1. The van der Waals surface area contributed by atoms with Crippen LogP contribution in [0.4, 0.5) is 4.79 Å². The molecule has 1 rings (SSSR count). The third-order valence-electron chi connectivity index (χ3n) is 4.63. The Morgan fingerprint density at radius 1 is 1.42 bits per heavy atom. The Kier molecular flexibility index (Phi) is 7.93. The molecule has 0 radical (unpaired) electrons. The maximum Gasteiger partial charge on any atom is 0.506 e. The summed E-state index contributed by atoms with van der Waals surface area (Å²) in [5, 5.41) is 22.4. The van der Waals surface area contributed by atoms with Gasteiger partial charge in [-0.05, 0) is 5.92 Å². The zero-order chi connectivity index (χ0) is 18.3.